The van der Waals surface area contributed by atoms with E-state index < -0.39 is 0 Å². The second kappa shape index (κ2) is 3.30. The molecule has 0 atom stereocenters. The van der Waals surface area contributed by atoms with Crippen molar-refractivity contribution in [3.8, 4) is 0 Å². The first kappa shape index (κ1) is 9.56. The van der Waals surface area contributed by atoms with Crippen molar-refractivity contribution in [1.29, 1.82) is 0 Å². The molecule has 0 bridgehead atoms. The molecule has 0 saturated heterocycles. The van der Waals surface area contributed by atoms with Crippen molar-refractivity contribution < 1.29 is 0 Å². The van der Waals surface area contributed by atoms with Crippen LogP contribution in [0.3, 0.4) is 0 Å². The summed E-state index contributed by atoms with van der Waals surface area (Å²) in [7, 11) is 1.99. The zero-order valence-corrected chi connectivity index (χ0v) is 9.10. The monoisotopic (exact) mass is 208 g/mol. The average molecular weight is 209 g/mol. The lowest BCUT2D eigenvalue weighted by Crippen LogP contribution is -1.94. The quantitative estimate of drug-likeness (QED) is 0.768. The zero-order valence-electron chi connectivity index (χ0n) is 8.34. The van der Waals surface area contributed by atoms with Gasteiger partial charge in [0.1, 0.15) is 0 Å². The fourth-order valence-electron chi connectivity index (χ4n) is 1.87. The summed E-state index contributed by atoms with van der Waals surface area (Å²) in [6.07, 6.45) is 2.04. The van der Waals surface area contributed by atoms with Crippen LogP contribution in [0.2, 0.25) is 5.02 Å². The topological polar surface area (TPSA) is 30.9 Å². The molecule has 2 N–H and O–H groups in total. The highest BCUT2D eigenvalue weighted by atomic mass is 35.5. The molecular formula is C11H13ClN2. The van der Waals surface area contributed by atoms with Crippen LogP contribution in [0, 0.1) is 6.92 Å². The van der Waals surface area contributed by atoms with Crippen LogP contribution in [-0.4, -0.2) is 4.57 Å². The Labute approximate surface area is 88.3 Å². The lowest BCUT2D eigenvalue weighted by molar-refractivity contribution is 0.949. The number of aromatic nitrogens is 1. The number of halogens is 1. The molecule has 1 heterocycles. The highest BCUT2D eigenvalue weighted by Gasteiger charge is 2.08. The predicted molar refractivity (Wildman–Crippen MR) is 60.6 cm³/mol. The summed E-state index contributed by atoms with van der Waals surface area (Å²) in [5, 5.41) is 1.96. The third-order valence-corrected chi connectivity index (χ3v) is 2.76. The normalized spacial score (nSPS) is 11.1. The number of hydrogen-bond donors (Lipinski definition) is 1. The van der Waals surface area contributed by atoms with Crippen LogP contribution < -0.4 is 5.73 Å². The number of aryl methyl sites for hydroxylation is 2. The van der Waals surface area contributed by atoms with Gasteiger partial charge in [0.25, 0.3) is 0 Å². The third kappa shape index (κ3) is 1.31. The van der Waals surface area contributed by atoms with Gasteiger partial charge in [0, 0.05) is 25.2 Å². The van der Waals surface area contributed by atoms with Gasteiger partial charge in [-0.3, -0.25) is 0 Å². The average Bonchev–Trinajstić information content (AvgIpc) is 2.42. The Morgan fingerprint density at radius 3 is 2.79 bits per heavy atom. The summed E-state index contributed by atoms with van der Waals surface area (Å²) < 4.78 is 2.03. The molecule has 0 aliphatic rings. The minimum absolute atomic E-state index is 0.553. The molecule has 2 rings (SSSR count). The molecular weight excluding hydrogens is 196 g/mol. The van der Waals surface area contributed by atoms with Crippen molar-refractivity contribution in [2.45, 2.75) is 13.5 Å². The first-order chi connectivity index (χ1) is 6.63. The number of nitrogens with two attached hydrogens (primary N) is 1. The Hall–Kier alpha value is -0.990. The molecule has 3 heteroatoms. The van der Waals surface area contributed by atoms with Crippen LogP contribution in [0.4, 0.5) is 0 Å². The van der Waals surface area contributed by atoms with Crippen molar-refractivity contribution in [3.05, 3.63) is 34.5 Å². The van der Waals surface area contributed by atoms with Gasteiger partial charge in [-0.15, -0.1) is 0 Å². The summed E-state index contributed by atoms with van der Waals surface area (Å²) in [5.41, 5.74) is 9.06. The molecule has 0 spiro atoms. The molecule has 0 unspecified atom stereocenters. The van der Waals surface area contributed by atoms with Gasteiger partial charge in [0.15, 0.2) is 0 Å². The van der Waals surface area contributed by atoms with Crippen LogP contribution in [0.25, 0.3) is 10.9 Å². The fraction of sp³-hybridized carbons (Fsp3) is 0.273. The van der Waals surface area contributed by atoms with Gasteiger partial charge in [-0.2, -0.15) is 0 Å². The van der Waals surface area contributed by atoms with E-state index in [1.54, 1.807) is 0 Å². The summed E-state index contributed by atoms with van der Waals surface area (Å²) >= 11 is 6.18. The maximum absolute atomic E-state index is 6.18. The molecule has 1 aromatic carbocycles. The second-order valence-electron chi connectivity index (χ2n) is 3.61. The SMILES string of the molecule is Cc1cc(Cl)c2c(c1)c(CN)cn2C. The minimum atomic E-state index is 0.553. The van der Waals surface area contributed by atoms with E-state index in [2.05, 4.69) is 6.07 Å². The van der Waals surface area contributed by atoms with E-state index in [1.807, 2.05) is 30.8 Å². The van der Waals surface area contributed by atoms with E-state index in [0.29, 0.717) is 6.54 Å². The first-order valence-electron chi connectivity index (χ1n) is 4.57. The zero-order chi connectivity index (χ0) is 10.3. The maximum Gasteiger partial charge on any atom is 0.0670 e. The van der Waals surface area contributed by atoms with Crippen LogP contribution in [-0.2, 0) is 13.6 Å². The molecule has 14 heavy (non-hydrogen) atoms. The Morgan fingerprint density at radius 1 is 1.43 bits per heavy atom. The summed E-state index contributed by atoms with van der Waals surface area (Å²) in [5.74, 6) is 0. The van der Waals surface area contributed by atoms with E-state index in [-0.39, 0.29) is 0 Å². The molecule has 0 aliphatic heterocycles. The summed E-state index contributed by atoms with van der Waals surface area (Å²) in [6.45, 7) is 2.59. The molecule has 0 amide bonds. The molecule has 0 saturated carbocycles. The summed E-state index contributed by atoms with van der Waals surface area (Å²) in [6, 6.07) is 4.10. The van der Waals surface area contributed by atoms with E-state index in [0.717, 1.165) is 16.1 Å². The molecule has 0 aliphatic carbocycles. The smallest absolute Gasteiger partial charge is 0.0670 e. The van der Waals surface area contributed by atoms with Gasteiger partial charge >= 0.3 is 0 Å². The third-order valence-electron chi connectivity index (χ3n) is 2.48. The van der Waals surface area contributed by atoms with Gasteiger partial charge in [-0.1, -0.05) is 11.6 Å². The fourth-order valence-corrected chi connectivity index (χ4v) is 2.28. The van der Waals surface area contributed by atoms with Crippen LogP contribution in [0.5, 0.6) is 0 Å². The van der Waals surface area contributed by atoms with E-state index >= 15 is 0 Å². The molecule has 0 fully saturated rings. The molecule has 0 radical (unpaired) electrons. The Balaban J connectivity index is 2.89. The molecule has 1 aromatic heterocycles. The number of rotatable bonds is 1. The number of benzene rings is 1. The van der Waals surface area contributed by atoms with Gasteiger partial charge in [-0.25, -0.2) is 0 Å². The van der Waals surface area contributed by atoms with Gasteiger partial charge < -0.3 is 10.3 Å². The second-order valence-corrected chi connectivity index (χ2v) is 4.02. The van der Waals surface area contributed by atoms with Gasteiger partial charge in [0.2, 0.25) is 0 Å². The van der Waals surface area contributed by atoms with Crippen molar-refractivity contribution in [3.63, 3.8) is 0 Å². The van der Waals surface area contributed by atoms with E-state index in [1.165, 1.54) is 10.9 Å². The van der Waals surface area contributed by atoms with Crippen LogP contribution in [0.1, 0.15) is 11.1 Å². The highest BCUT2D eigenvalue weighted by molar-refractivity contribution is 6.35. The number of nitrogens with zero attached hydrogens (tertiary/aromatic N) is 1. The lowest BCUT2D eigenvalue weighted by atomic mass is 10.1. The lowest BCUT2D eigenvalue weighted by Gasteiger charge is -2.01. The summed E-state index contributed by atoms with van der Waals surface area (Å²) in [4.78, 5) is 0. The Kier molecular flexibility index (Phi) is 2.25. The minimum Gasteiger partial charge on any atom is -0.349 e. The van der Waals surface area contributed by atoms with Crippen molar-refractivity contribution in [1.82, 2.24) is 4.57 Å². The number of hydrogen-bond acceptors (Lipinski definition) is 1. The van der Waals surface area contributed by atoms with E-state index in [9.17, 15) is 0 Å². The number of fused-ring (bicyclic) bond motifs is 1. The molecule has 74 valence electrons. The first-order valence-corrected chi connectivity index (χ1v) is 4.95. The van der Waals surface area contributed by atoms with Gasteiger partial charge in [0.05, 0.1) is 10.5 Å². The largest absolute Gasteiger partial charge is 0.349 e. The predicted octanol–water partition coefficient (Wildman–Crippen LogP) is 2.60. The van der Waals surface area contributed by atoms with Crippen molar-refractivity contribution in [2.75, 3.05) is 0 Å². The Bertz CT molecular complexity index is 485. The van der Waals surface area contributed by atoms with Crippen LogP contribution >= 0.6 is 11.6 Å². The van der Waals surface area contributed by atoms with Gasteiger partial charge in [-0.05, 0) is 30.2 Å². The molecule has 2 nitrogen and oxygen atoms in total. The maximum atomic E-state index is 6.18. The molecule has 2 aromatic rings. The van der Waals surface area contributed by atoms with Crippen molar-refractivity contribution >= 4 is 22.5 Å². The van der Waals surface area contributed by atoms with E-state index in [4.69, 9.17) is 17.3 Å². The highest BCUT2D eigenvalue weighted by Crippen LogP contribution is 2.28. The van der Waals surface area contributed by atoms with Crippen LogP contribution in [0.15, 0.2) is 18.3 Å². The van der Waals surface area contributed by atoms with Crippen molar-refractivity contribution in [2.24, 2.45) is 12.8 Å². The Morgan fingerprint density at radius 2 is 2.14 bits per heavy atom. The standard InChI is InChI=1S/C11H13ClN2/c1-7-3-9-8(5-13)6-14(2)11(9)10(12)4-7/h3-4,6H,5,13H2,1-2H3.